The first kappa shape index (κ1) is 12.6. The standard InChI is InChI=1S/C16H14.C2H6/c1-11-7-9-16-14(12(11)2)10-8-13-5-3-4-6-15(13)16;1-2/h3-10H,1-2H3;1-2H3. The fourth-order valence-corrected chi connectivity index (χ4v) is 2.35. The van der Waals surface area contributed by atoms with Crippen LogP contribution in [0.15, 0.2) is 48.5 Å². The van der Waals surface area contributed by atoms with Gasteiger partial charge in [0.25, 0.3) is 0 Å². The van der Waals surface area contributed by atoms with Gasteiger partial charge in [-0.15, -0.1) is 0 Å². The van der Waals surface area contributed by atoms with Gasteiger partial charge in [-0.05, 0) is 46.5 Å². The van der Waals surface area contributed by atoms with Gasteiger partial charge in [0.1, 0.15) is 0 Å². The average Bonchev–Trinajstić information content (AvgIpc) is 2.44. The highest BCUT2D eigenvalue weighted by Crippen LogP contribution is 2.28. The maximum absolute atomic E-state index is 2.24. The molecule has 0 heterocycles. The molecule has 0 saturated heterocycles. The molecule has 0 aromatic heterocycles. The zero-order valence-corrected chi connectivity index (χ0v) is 11.6. The van der Waals surface area contributed by atoms with Crippen LogP contribution in [0.4, 0.5) is 0 Å². The lowest BCUT2D eigenvalue weighted by atomic mass is 9.96. The minimum Gasteiger partial charge on any atom is -0.0683 e. The molecule has 0 amide bonds. The van der Waals surface area contributed by atoms with E-state index in [1.807, 2.05) is 13.8 Å². The minimum atomic E-state index is 1.32. The van der Waals surface area contributed by atoms with Crippen LogP contribution in [-0.2, 0) is 0 Å². The molecule has 0 unspecified atom stereocenters. The summed E-state index contributed by atoms with van der Waals surface area (Å²) in [5.41, 5.74) is 2.76. The van der Waals surface area contributed by atoms with Crippen LogP contribution in [0.3, 0.4) is 0 Å². The molecule has 0 nitrogen and oxygen atoms in total. The molecule has 3 aromatic carbocycles. The number of benzene rings is 3. The van der Waals surface area contributed by atoms with Crippen LogP contribution >= 0.6 is 0 Å². The van der Waals surface area contributed by atoms with Crippen molar-refractivity contribution in [2.45, 2.75) is 27.7 Å². The van der Waals surface area contributed by atoms with E-state index in [1.165, 1.54) is 32.7 Å². The van der Waals surface area contributed by atoms with Crippen molar-refractivity contribution in [1.82, 2.24) is 0 Å². The molecule has 0 saturated carbocycles. The molecule has 0 aliphatic carbocycles. The summed E-state index contributed by atoms with van der Waals surface area (Å²) in [6, 6.07) is 17.5. The fraction of sp³-hybridized carbons (Fsp3) is 0.222. The van der Waals surface area contributed by atoms with Crippen LogP contribution in [0.25, 0.3) is 21.5 Å². The van der Waals surface area contributed by atoms with Crippen LogP contribution < -0.4 is 0 Å². The topological polar surface area (TPSA) is 0 Å². The SMILES string of the molecule is CC.Cc1ccc2c(ccc3ccccc32)c1C. The summed E-state index contributed by atoms with van der Waals surface area (Å²) in [5.74, 6) is 0. The lowest BCUT2D eigenvalue weighted by Crippen LogP contribution is -1.84. The van der Waals surface area contributed by atoms with Gasteiger partial charge < -0.3 is 0 Å². The molecule has 0 fully saturated rings. The predicted octanol–water partition coefficient (Wildman–Crippen LogP) is 5.64. The van der Waals surface area contributed by atoms with E-state index in [4.69, 9.17) is 0 Å². The summed E-state index contributed by atoms with van der Waals surface area (Å²) in [6.07, 6.45) is 0. The van der Waals surface area contributed by atoms with Crippen LogP contribution in [0.5, 0.6) is 0 Å². The Kier molecular flexibility index (Phi) is 3.66. The van der Waals surface area contributed by atoms with Crippen LogP contribution in [-0.4, -0.2) is 0 Å². The fourth-order valence-electron chi connectivity index (χ4n) is 2.35. The first-order valence-electron chi connectivity index (χ1n) is 6.65. The van der Waals surface area contributed by atoms with Crippen molar-refractivity contribution < 1.29 is 0 Å². The normalized spacial score (nSPS) is 10.2. The maximum Gasteiger partial charge on any atom is -0.0103 e. The maximum atomic E-state index is 2.24. The molecule has 0 aliphatic heterocycles. The van der Waals surface area contributed by atoms with Crippen LogP contribution in [0.1, 0.15) is 25.0 Å². The van der Waals surface area contributed by atoms with Gasteiger partial charge in [-0.3, -0.25) is 0 Å². The third-order valence-corrected chi connectivity index (χ3v) is 3.47. The summed E-state index contributed by atoms with van der Waals surface area (Å²) in [5, 5.41) is 5.40. The molecule has 0 bridgehead atoms. The molecule has 3 aromatic rings. The van der Waals surface area contributed by atoms with E-state index >= 15 is 0 Å². The van der Waals surface area contributed by atoms with Crippen molar-refractivity contribution in [1.29, 1.82) is 0 Å². The van der Waals surface area contributed by atoms with E-state index < -0.39 is 0 Å². The van der Waals surface area contributed by atoms with Gasteiger partial charge in [0.15, 0.2) is 0 Å². The van der Waals surface area contributed by atoms with E-state index in [1.54, 1.807) is 0 Å². The Hall–Kier alpha value is -1.82. The molecule has 3 rings (SSSR count). The lowest BCUT2D eigenvalue weighted by molar-refractivity contribution is 1.38. The number of rotatable bonds is 0. The monoisotopic (exact) mass is 236 g/mol. The Morgan fingerprint density at radius 1 is 0.611 bits per heavy atom. The molecular formula is C18H20. The van der Waals surface area contributed by atoms with Crippen molar-refractivity contribution in [3.8, 4) is 0 Å². The second-order valence-electron chi connectivity index (χ2n) is 4.39. The van der Waals surface area contributed by atoms with E-state index in [0.29, 0.717) is 0 Å². The zero-order valence-electron chi connectivity index (χ0n) is 11.6. The van der Waals surface area contributed by atoms with Crippen molar-refractivity contribution in [2.75, 3.05) is 0 Å². The smallest absolute Gasteiger partial charge is 0.0103 e. The average molecular weight is 236 g/mol. The van der Waals surface area contributed by atoms with Gasteiger partial charge in [0, 0.05) is 0 Å². The summed E-state index contributed by atoms with van der Waals surface area (Å²) in [4.78, 5) is 0. The Labute approximate surface area is 109 Å². The second-order valence-corrected chi connectivity index (χ2v) is 4.39. The molecule has 0 radical (unpaired) electrons. The summed E-state index contributed by atoms with van der Waals surface area (Å²) in [6.45, 7) is 8.37. The minimum absolute atomic E-state index is 1.32. The summed E-state index contributed by atoms with van der Waals surface area (Å²) < 4.78 is 0. The number of hydrogen-bond acceptors (Lipinski definition) is 0. The quantitative estimate of drug-likeness (QED) is 0.443. The third kappa shape index (κ3) is 1.99. The highest BCUT2D eigenvalue weighted by Gasteiger charge is 2.03. The first-order chi connectivity index (χ1) is 8.77. The van der Waals surface area contributed by atoms with E-state index in [-0.39, 0.29) is 0 Å². The van der Waals surface area contributed by atoms with Crippen LogP contribution in [0, 0.1) is 13.8 Å². The highest BCUT2D eigenvalue weighted by molar-refractivity contribution is 6.08. The van der Waals surface area contributed by atoms with Gasteiger partial charge in [-0.25, -0.2) is 0 Å². The van der Waals surface area contributed by atoms with Gasteiger partial charge >= 0.3 is 0 Å². The van der Waals surface area contributed by atoms with Crippen molar-refractivity contribution >= 4 is 21.5 Å². The molecule has 0 aliphatic rings. The van der Waals surface area contributed by atoms with Crippen LogP contribution in [0.2, 0.25) is 0 Å². The number of fused-ring (bicyclic) bond motifs is 3. The van der Waals surface area contributed by atoms with E-state index in [9.17, 15) is 0 Å². The molecule has 92 valence electrons. The van der Waals surface area contributed by atoms with E-state index in [0.717, 1.165) is 0 Å². The first-order valence-corrected chi connectivity index (χ1v) is 6.65. The molecular weight excluding hydrogens is 216 g/mol. The third-order valence-electron chi connectivity index (χ3n) is 3.47. The predicted molar refractivity (Wildman–Crippen MR) is 82.3 cm³/mol. The Morgan fingerprint density at radius 3 is 2.06 bits per heavy atom. The molecule has 18 heavy (non-hydrogen) atoms. The van der Waals surface area contributed by atoms with Gasteiger partial charge in [0.05, 0.1) is 0 Å². The lowest BCUT2D eigenvalue weighted by Gasteiger charge is -2.08. The second kappa shape index (κ2) is 5.22. The van der Waals surface area contributed by atoms with Gasteiger partial charge in [0.2, 0.25) is 0 Å². The van der Waals surface area contributed by atoms with Gasteiger partial charge in [-0.1, -0.05) is 62.4 Å². The molecule has 0 heteroatoms. The zero-order chi connectivity index (χ0) is 13.1. The number of aryl methyl sites for hydroxylation is 2. The van der Waals surface area contributed by atoms with Crippen molar-refractivity contribution in [3.63, 3.8) is 0 Å². The molecule has 0 spiro atoms. The van der Waals surface area contributed by atoms with Crippen molar-refractivity contribution in [2.24, 2.45) is 0 Å². The largest absolute Gasteiger partial charge is 0.0683 e. The Balaban J connectivity index is 0.000000574. The Morgan fingerprint density at radius 2 is 1.28 bits per heavy atom. The highest BCUT2D eigenvalue weighted by atomic mass is 14.1. The number of hydrogen-bond donors (Lipinski definition) is 0. The summed E-state index contributed by atoms with van der Waals surface area (Å²) in [7, 11) is 0. The Bertz CT molecular complexity index is 678. The van der Waals surface area contributed by atoms with Crippen molar-refractivity contribution in [3.05, 3.63) is 59.7 Å². The van der Waals surface area contributed by atoms with Gasteiger partial charge in [-0.2, -0.15) is 0 Å². The summed E-state index contributed by atoms with van der Waals surface area (Å²) >= 11 is 0. The van der Waals surface area contributed by atoms with E-state index in [2.05, 4.69) is 62.4 Å². The molecule has 0 atom stereocenters. The molecule has 0 N–H and O–H groups in total.